The molecule has 0 saturated carbocycles. The molecule has 0 radical (unpaired) electrons. The second-order valence-electron chi connectivity index (χ2n) is 5.84. The predicted octanol–water partition coefficient (Wildman–Crippen LogP) is 3.27. The Hall–Kier alpha value is -1.36. The van der Waals surface area contributed by atoms with E-state index < -0.39 is 0 Å². The zero-order valence-corrected chi connectivity index (χ0v) is 12.7. The number of rotatable bonds is 2. The van der Waals surface area contributed by atoms with Crippen molar-refractivity contribution in [3.63, 3.8) is 0 Å². The minimum Gasteiger partial charge on any atom is -0.355 e. The monoisotopic (exact) mass is 293 g/mol. The molecule has 0 aliphatic carbocycles. The van der Waals surface area contributed by atoms with E-state index in [9.17, 15) is 0 Å². The maximum absolute atomic E-state index is 6.02. The van der Waals surface area contributed by atoms with Crippen LogP contribution in [-0.4, -0.2) is 33.0 Å². The van der Waals surface area contributed by atoms with Gasteiger partial charge in [-0.15, -0.1) is 0 Å². The predicted molar refractivity (Wildman–Crippen MR) is 81.1 cm³/mol. The minimum absolute atomic E-state index is 0.268. The Morgan fingerprint density at radius 2 is 2.15 bits per heavy atom. The van der Waals surface area contributed by atoms with Crippen LogP contribution < -0.4 is 4.90 Å². The lowest BCUT2D eigenvalue weighted by Gasteiger charge is -2.22. The van der Waals surface area contributed by atoms with Crippen LogP contribution in [0.15, 0.2) is 6.33 Å². The second kappa shape index (κ2) is 5.56. The van der Waals surface area contributed by atoms with Gasteiger partial charge in [0.2, 0.25) is 5.28 Å². The van der Waals surface area contributed by atoms with Crippen molar-refractivity contribution in [3.05, 3.63) is 11.6 Å². The number of nitrogens with zero attached hydrogens (tertiary/aromatic N) is 4. The molecule has 1 aliphatic heterocycles. The molecule has 108 valence electrons. The lowest BCUT2D eigenvalue weighted by atomic mass is 9.89. The Labute approximate surface area is 123 Å². The molecule has 1 atom stereocenters. The van der Waals surface area contributed by atoms with Crippen LogP contribution in [0.3, 0.4) is 0 Å². The van der Waals surface area contributed by atoms with Gasteiger partial charge in [-0.25, -0.2) is 4.98 Å². The molecule has 2 aromatic rings. The van der Waals surface area contributed by atoms with Gasteiger partial charge in [-0.3, -0.25) is 0 Å². The fourth-order valence-corrected chi connectivity index (χ4v) is 3.18. The molecule has 1 N–H and O–H groups in total. The highest BCUT2D eigenvalue weighted by molar-refractivity contribution is 6.28. The zero-order chi connectivity index (χ0) is 14.1. The third-order valence-electron chi connectivity index (χ3n) is 4.25. The van der Waals surface area contributed by atoms with Gasteiger partial charge in [-0.2, -0.15) is 9.97 Å². The van der Waals surface area contributed by atoms with E-state index in [1.54, 1.807) is 6.33 Å². The van der Waals surface area contributed by atoms with Gasteiger partial charge in [-0.05, 0) is 42.7 Å². The van der Waals surface area contributed by atoms with Gasteiger partial charge in [0.05, 0.1) is 6.33 Å². The average molecular weight is 294 g/mol. The number of hydrogen-bond acceptors (Lipinski definition) is 4. The Morgan fingerprint density at radius 3 is 2.95 bits per heavy atom. The molecule has 0 amide bonds. The first-order valence-corrected chi connectivity index (χ1v) is 7.64. The summed E-state index contributed by atoms with van der Waals surface area (Å²) >= 11 is 6.02. The highest BCUT2D eigenvalue weighted by atomic mass is 35.5. The van der Waals surface area contributed by atoms with E-state index in [1.807, 2.05) is 0 Å². The normalized spacial score (nSPS) is 20.6. The van der Waals surface area contributed by atoms with Crippen LogP contribution in [0.5, 0.6) is 0 Å². The number of aromatic nitrogens is 4. The smallest absolute Gasteiger partial charge is 0.226 e. The van der Waals surface area contributed by atoms with E-state index in [-0.39, 0.29) is 5.28 Å². The molecule has 1 unspecified atom stereocenters. The van der Waals surface area contributed by atoms with Crippen molar-refractivity contribution in [3.8, 4) is 0 Å². The Bertz CT molecular complexity index is 594. The summed E-state index contributed by atoms with van der Waals surface area (Å²) in [7, 11) is 0. The van der Waals surface area contributed by atoms with Crippen molar-refractivity contribution in [2.75, 3.05) is 18.0 Å². The van der Waals surface area contributed by atoms with Crippen LogP contribution in [-0.2, 0) is 0 Å². The Balaban J connectivity index is 1.89. The molecule has 5 nitrogen and oxygen atoms in total. The van der Waals surface area contributed by atoms with Crippen molar-refractivity contribution in [1.82, 2.24) is 19.9 Å². The Morgan fingerprint density at radius 1 is 1.30 bits per heavy atom. The Kier molecular flexibility index (Phi) is 3.78. The largest absolute Gasteiger partial charge is 0.355 e. The van der Waals surface area contributed by atoms with Gasteiger partial charge in [-0.1, -0.05) is 13.8 Å². The van der Waals surface area contributed by atoms with Crippen LogP contribution >= 0.6 is 11.6 Å². The summed E-state index contributed by atoms with van der Waals surface area (Å²) in [5.41, 5.74) is 1.53. The lowest BCUT2D eigenvalue weighted by Crippen LogP contribution is -2.26. The van der Waals surface area contributed by atoms with Gasteiger partial charge in [0.15, 0.2) is 11.5 Å². The quantitative estimate of drug-likeness (QED) is 0.864. The molecule has 0 bridgehead atoms. The van der Waals surface area contributed by atoms with Gasteiger partial charge < -0.3 is 9.88 Å². The third-order valence-corrected chi connectivity index (χ3v) is 4.42. The first kappa shape index (κ1) is 13.6. The first-order valence-electron chi connectivity index (χ1n) is 7.26. The van der Waals surface area contributed by atoms with Crippen LogP contribution in [0.4, 0.5) is 5.82 Å². The highest BCUT2D eigenvalue weighted by Crippen LogP contribution is 2.29. The zero-order valence-electron chi connectivity index (χ0n) is 11.9. The number of imidazole rings is 1. The molecule has 3 rings (SSSR count). The standard InChI is InChI=1S/C14H20ClN5/c1-9(2)10-4-3-6-20(7-5-10)13-11-12(17-8-16-11)18-14(15)19-13/h8-10H,3-7H2,1-2H3,(H,16,17,18,19). The maximum Gasteiger partial charge on any atom is 0.226 e. The van der Waals surface area contributed by atoms with Crippen LogP contribution in [0.25, 0.3) is 11.2 Å². The summed E-state index contributed by atoms with van der Waals surface area (Å²) in [4.78, 5) is 18.2. The molecule has 1 saturated heterocycles. The minimum atomic E-state index is 0.268. The van der Waals surface area contributed by atoms with Gasteiger partial charge >= 0.3 is 0 Å². The lowest BCUT2D eigenvalue weighted by molar-refractivity contribution is 0.351. The van der Waals surface area contributed by atoms with Crippen molar-refractivity contribution >= 4 is 28.6 Å². The maximum atomic E-state index is 6.02. The molecule has 0 spiro atoms. The summed E-state index contributed by atoms with van der Waals surface area (Å²) in [6.45, 7) is 6.67. The fourth-order valence-electron chi connectivity index (χ4n) is 3.02. The SMILES string of the molecule is CC(C)C1CCCN(c2nc(Cl)nc3nc[nH]c23)CC1. The fraction of sp³-hybridized carbons (Fsp3) is 0.643. The van der Waals surface area contributed by atoms with Crippen molar-refractivity contribution < 1.29 is 0 Å². The van der Waals surface area contributed by atoms with Crippen molar-refractivity contribution in [2.24, 2.45) is 11.8 Å². The first-order chi connectivity index (χ1) is 9.65. The number of fused-ring (bicyclic) bond motifs is 1. The van der Waals surface area contributed by atoms with Gasteiger partial charge in [0, 0.05) is 13.1 Å². The highest BCUT2D eigenvalue weighted by Gasteiger charge is 2.22. The topological polar surface area (TPSA) is 57.7 Å². The van der Waals surface area contributed by atoms with E-state index in [0.717, 1.165) is 36.3 Å². The molecule has 3 heterocycles. The van der Waals surface area contributed by atoms with E-state index in [0.29, 0.717) is 5.65 Å². The summed E-state index contributed by atoms with van der Waals surface area (Å²) in [5, 5.41) is 0.268. The van der Waals surface area contributed by atoms with Crippen LogP contribution in [0.1, 0.15) is 33.1 Å². The second-order valence-corrected chi connectivity index (χ2v) is 6.18. The molecule has 6 heteroatoms. The number of nitrogens with one attached hydrogen (secondary N) is 1. The van der Waals surface area contributed by atoms with Gasteiger partial charge in [0.25, 0.3) is 0 Å². The molecule has 2 aromatic heterocycles. The van der Waals surface area contributed by atoms with E-state index >= 15 is 0 Å². The van der Waals surface area contributed by atoms with E-state index in [1.165, 1.54) is 19.3 Å². The van der Waals surface area contributed by atoms with E-state index in [4.69, 9.17) is 11.6 Å². The van der Waals surface area contributed by atoms with Crippen LogP contribution in [0, 0.1) is 11.8 Å². The van der Waals surface area contributed by atoms with Crippen molar-refractivity contribution in [1.29, 1.82) is 0 Å². The molecule has 0 aromatic carbocycles. The summed E-state index contributed by atoms with van der Waals surface area (Å²) in [6.07, 6.45) is 5.34. The number of halogens is 1. The average Bonchev–Trinajstić information content (AvgIpc) is 2.73. The summed E-state index contributed by atoms with van der Waals surface area (Å²) in [6, 6.07) is 0. The molecular formula is C14H20ClN5. The summed E-state index contributed by atoms with van der Waals surface area (Å²) < 4.78 is 0. The van der Waals surface area contributed by atoms with Crippen LogP contribution in [0.2, 0.25) is 5.28 Å². The molecule has 20 heavy (non-hydrogen) atoms. The molecule has 1 fully saturated rings. The number of H-pyrrole nitrogens is 1. The van der Waals surface area contributed by atoms with Crippen molar-refractivity contribution in [2.45, 2.75) is 33.1 Å². The summed E-state index contributed by atoms with van der Waals surface area (Å²) in [5.74, 6) is 2.44. The van der Waals surface area contributed by atoms with Gasteiger partial charge in [0.1, 0.15) is 5.52 Å². The third kappa shape index (κ3) is 2.59. The number of hydrogen-bond donors (Lipinski definition) is 1. The molecular weight excluding hydrogens is 274 g/mol. The molecule has 1 aliphatic rings. The van der Waals surface area contributed by atoms with E-state index in [2.05, 4.69) is 38.7 Å². The number of anilines is 1. The number of aromatic amines is 1.